The standard InChI is InChI=1S/C12H22N2O4S/c1-14(10-5-3-2-4-6-10)19(17,18)13-9-12(7-8-12)11(15)16/h10,13H,2-9H2,1H3,(H,15,16). The van der Waals surface area contributed by atoms with Crippen molar-refractivity contribution in [1.29, 1.82) is 0 Å². The Morgan fingerprint density at radius 3 is 2.37 bits per heavy atom. The summed E-state index contributed by atoms with van der Waals surface area (Å²) in [6.45, 7) is 0.00171. The SMILES string of the molecule is CN(C1CCCCC1)S(=O)(=O)NCC1(C(=O)O)CC1. The minimum atomic E-state index is -3.57. The highest BCUT2D eigenvalue weighted by Gasteiger charge is 2.50. The zero-order valence-electron chi connectivity index (χ0n) is 11.3. The maximum Gasteiger partial charge on any atom is 0.310 e. The second-order valence-electron chi connectivity index (χ2n) is 5.72. The molecule has 2 saturated carbocycles. The number of aliphatic carboxylic acids is 1. The molecule has 0 aliphatic heterocycles. The van der Waals surface area contributed by atoms with Gasteiger partial charge in [-0.3, -0.25) is 4.79 Å². The maximum atomic E-state index is 12.1. The minimum Gasteiger partial charge on any atom is -0.481 e. The third-order valence-corrected chi connectivity index (χ3v) is 5.93. The van der Waals surface area contributed by atoms with Gasteiger partial charge in [0.15, 0.2) is 0 Å². The number of hydrogen-bond acceptors (Lipinski definition) is 3. The Balaban J connectivity index is 1.92. The van der Waals surface area contributed by atoms with E-state index in [1.54, 1.807) is 7.05 Å². The number of rotatable bonds is 6. The van der Waals surface area contributed by atoms with Crippen molar-refractivity contribution in [2.45, 2.75) is 51.0 Å². The molecule has 19 heavy (non-hydrogen) atoms. The Morgan fingerprint density at radius 1 is 1.32 bits per heavy atom. The van der Waals surface area contributed by atoms with Crippen molar-refractivity contribution in [3.63, 3.8) is 0 Å². The molecule has 2 N–H and O–H groups in total. The molecule has 0 amide bonds. The fourth-order valence-corrected chi connectivity index (χ4v) is 3.85. The largest absolute Gasteiger partial charge is 0.481 e. The van der Waals surface area contributed by atoms with Crippen LogP contribution in [0, 0.1) is 5.41 Å². The van der Waals surface area contributed by atoms with Crippen LogP contribution < -0.4 is 4.72 Å². The van der Waals surface area contributed by atoms with E-state index in [9.17, 15) is 13.2 Å². The minimum absolute atomic E-state index is 0.00171. The summed E-state index contributed by atoms with van der Waals surface area (Å²) >= 11 is 0. The molecule has 0 unspecified atom stereocenters. The topological polar surface area (TPSA) is 86.7 Å². The summed E-state index contributed by atoms with van der Waals surface area (Å²) in [4.78, 5) is 11.0. The third kappa shape index (κ3) is 3.27. The van der Waals surface area contributed by atoms with Gasteiger partial charge in [-0.05, 0) is 25.7 Å². The second-order valence-corrected chi connectivity index (χ2v) is 7.53. The van der Waals surface area contributed by atoms with Crippen LogP contribution in [0.4, 0.5) is 0 Å². The fourth-order valence-electron chi connectivity index (χ4n) is 2.59. The molecule has 6 nitrogen and oxygen atoms in total. The molecule has 2 rings (SSSR count). The molecule has 2 fully saturated rings. The van der Waals surface area contributed by atoms with Crippen LogP contribution in [0.2, 0.25) is 0 Å². The predicted octanol–water partition coefficient (Wildman–Crippen LogP) is 0.950. The van der Waals surface area contributed by atoms with Crippen molar-refractivity contribution in [2.75, 3.05) is 13.6 Å². The molecular formula is C12H22N2O4S. The lowest BCUT2D eigenvalue weighted by atomic mass is 9.96. The Bertz CT molecular complexity index is 439. The smallest absolute Gasteiger partial charge is 0.310 e. The van der Waals surface area contributed by atoms with Crippen LogP contribution in [-0.4, -0.2) is 43.4 Å². The first-order chi connectivity index (χ1) is 8.87. The highest BCUT2D eigenvalue weighted by atomic mass is 32.2. The van der Waals surface area contributed by atoms with Crippen molar-refractivity contribution in [1.82, 2.24) is 9.03 Å². The zero-order chi connectivity index (χ0) is 14.1. The molecule has 0 aromatic carbocycles. The van der Waals surface area contributed by atoms with E-state index in [1.807, 2.05) is 0 Å². The van der Waals surface area contributed by atoms with Crippen molar-refractivity contribution in [3.8, 4) is 0 Å². The van der Waals surface area contributed by atoms with Crippen LogP contribution in [-0.2, 0) is 15.0 Å². The van der Waals surface area contributed by atoms with Gasteiger partial charge in [-0.25, -0.2) is 4.72 Å². The molecule has 2 aliphatic rings. The van der Waals surface area contributed by atoms with E-state index in [2.05, 4.69) is 4.72 Å². The summed E-state index contributed by atoms with van der Waals surface area (Å²) in [5.41, 5.74) is -0.861. The van der Waals surface area contributed by atoms with Gasteiger partial charge < -0.3 is 5.11 Å². The van der Waals surface area contributed by atoms with E-state index in [4.69, 9.17) is 5.11 Å². The third-order valence-electron chi connectivity index (χ3n) is 4.37. The van der Waals surface area contributed by atoms with Crippen molar-refractivity contribution in [2.24, 2.45) is 5.41 Å². The summed E-state index contributed by atoms with van der Waals surface area (Å²) < 4.78 is 28.1. The van der Waals surface area contributed by atoms with E-state index < -0.39 is 21.6 Å². The van der Waals surface area contributed by atoms with Crippen molar-refractivity contribution < 1.29 is 18.3 Å². The fraction of sp³-hybridized carbons (Fsp3) is 0.917. The van der Waals surface area contributed by atoms with Gasteiger partial charge in [0.25, 0.3) is 10.2 Å². The van der Waals surface area contributed by atoms with Crippen LogP contribution in [0.1, 0.15) is 44.9 Å². The van der Waals surface area contributed by atoms with Crippen LogP contribution >= 0.6 is 0 Å². The number of carboxylic acids is 1. The first-order valence-corrected chi connectivity index (χ1v) is 8.27. The molecule has 7 heteroatoms. The van der Waals surface area contributed by atoms with Crippen molar-refractivity contribution >= 4 is 16.2 Å². The van der Waals surface area contributed by atoms with Crippen LogP contribution in [0.5, 0.6) is 0 Å². The molecule has 0 aromatic rings. The first-order valence-electron chi connectivity index (χ1n) is 6.83. The Morgan fingerprint density at radius 2 is 1.89 bits per heavy atom. The highest BCUT2D eigenvalue weighted by molar-refractivity contribution is 7.87. The molecule has 0 aromatic heterocycles. The average Bonchev–Trinajstić information content (AvgIpc) is 3.18. The normalized spacial score (nSPS) is 23.5. The van der Waals surface area contributed by atoms with E-state index >= 15 is 0 Å². The number of nitrogens with one attached hydrogen (secondary N) is 1. The van der Waals surface area contributed by atoms with Gasteiger partial charge in [-0.15, -0.1) is 0 Å². The average molecular weight is 290 g/mol. The van der Waals surface area contributed by atoms with Gasteiger partial charge >= 0.3 is 5.97 Å². The number of carbonyl (C=O) groups is 1. The monoisotopic (exact) mass is 290 g/mol. The maximum absolute atomic E-state index is 12.1. The second kappa shape index (κ2) is 5.38. The van der Waals surface area contributed by atoms with Crippen molar-refractivity contribution in [3.05, 3.63) is 0 Å². The van der Waals surface area contributed by atoms with Gasteiger partial charge in [0.2, 0.25) is 0 Å². The molecule has 0 saturated heterocycles. The molecule has 0 heterocycles. The lowest BCUT2D eigenvalue weighted by Crippen LogP contribution is -2.47. The molecule has 0 atom stereocenters. The molecular weight excluding hydrogens is 268 g/mol. The molecule has 0 spiro atoms. The highest BCUT2D eigenvalue weighted by Crippen LogP contribution is 2.45. The predicted molar refractivity (Wildman–Crippen MR) is 70.9 cm³/mol. The van der Waals surface area contributed by atoms with Gasteiger partial charge in [0, 0.05) is 19.6 Å². The molecule has 110 valence electrons. The summed E-state index contributed by atoms with van der Waals surface area (Å²) in [5, 5.41) is 9.04. The first kappa shape index (κ1) is 14.7. The molecule has 2 aliphatic carbocycles. The van der Waals surface area contributed by atoms with E-state index in [1.165, 1.54) is 10.7 Å². The lowest BCUT2D eigenvalue weighted by molar-refractivity contribution is -0.143. The van der Waals surface area contributed by atoms with Crippen LogP contribution in [0.25, 0.3) is 0 Å². The van der Waals surface area contributed by atoms with Crippen LogP contribution in [0.15, 0.2) is 0 Å². The lowest BCUT2D eigenvalue weighted by Gasteiger charge is -2.30. The van der Waals surface area contributed by atoms with Gasteiger partial charge in [0.1, 0.15) is 0 Å². The van der Waals surface area contributed by atoms with E-state index in [-0.39, 0.29) is 12.6 Å². The Labute approximate surface area is 114 Å². The quantitative estimate of drug-likeness (QED) is 0.762. The number of nitrogens with zero attached hydrogens (tertiary/aromatic N) is 1. The van der Waals surface area contributed by atoms with Gasteiger partial charge in [-0.1, -0.05) is 19.3 Å². The summed E-state index contributed by atoms with van der Waals surface area (Å²) in [7, 11) is -1.98. The summed E-state index contributed by atoms with van der Waals surface area (Å²) in [6.07, 6.45) is 6.17. The number of hydrogen-bond donors (Lipinski definition) is 2. The molecule has 0 bridgehead atoms. The van der Waals surface area contributed by atoms with Gasteiger partial charge in [0.05, 0.1) is 5.41 Å². The Hall–Kier alpha value is -0.660. The Kier molecular flexibility index (Phi) is 4.17. The van der Waals surface area contributed by atoms with E-state index in [0.717, 1.165) is 25.7 Å². The molecule has 0 radical (unpaired) electrons. The van der Waals surface area contributed by atoms with Gasteiger partial charge in [-0.2, -0.15) is 12.7 Å². The zero-order valence-corrected chi connectivity index (χ0v) is 12.1. The van der Waals surface area contributed by atoms with E-state index in [0.29, 0.717) is 12.8 Å². The summed E-state index contributed by atoms with van der Waals surface area (Å²) in [6, 6.07) is 0.0474. The van der Waals surface area contributed by atoms with Crippen LogP contribution in [0.3, 0.4) is 0 Å². The summed E-state index contributed by atoms with van der Waals surface area (Å²) in [5.74, 6) is -0.907. The number of carboxylic acid groups (broad SMARTS) is 1.